The van der Waals surface area contributed by atoms with Gasteiger partial charge < -0.3 is 10.2 Å². The smallest absolute Gasteiger partial charge is 0.172 e. The standard InChI is InChI=1S/C9H13N3O3/c1-12-4-7(13)5-2-3-6-8(9(5,12)14)11-15-10-6/h5,7,13-14H,2-4H2,1H3. The van der Waals surface area contributed by atoms with Crippen LogP contribution in [0.3, 0.4) is 0 Å². The van der Waals surface area contributed by atoms with E-state index in [1.54, 1.807) is 11.9 Å². The Hall–Kier alpha value is -0.980. The summed E-state index contributed by atoms with van der Waals surface area (Å²) in [4.78, 5) is 1.71. The van der Waals surface area contributed by atoms with Crippen LogP contribution in [-0.4, -0.2) is 45.1 Å². The molecule has 2 N–H and O–H groups in total. The number of likely N-dealkylation sites (N-methyl/N-ethyl adjacent to an activating group) is 1. The summed E-state index contributed by atoms with van der Waals surface area (Å²) < 4.78 is 4.66. The molecule has 3 rings (SSSR count). The van der Waals surface area contributed by atoms with Gasteiger partial charge in [0.05, 0.1) is 6.10 Å². The third-order valence-corrected chi connectivity index (χ3v) is 3.62. The van der Waals surface area contributed by atoms with E-state index >= 15 is 0 Å². The second-order valence-corrected chi connectivity index (χ2v) is 4.38. The predicted octanol–water partition coefficient (Wildman–Crippen LogP) is -0.917. The van der Waals surface area contributed by atoms with Gasteiger partial charge in [0.1, 0.15) is 5.69 Å². The molecule has 0 bridgehead atoms. The Morgan fingerprint density at radius 3 is 3.13 bits per heavy atom. The van der Waals surface area contributed by atoms with E-state index in [0.717, 1.165) is 0 Å². The number of aliphatic hydroxyl groups is 2. The van der Waals surface area contributed by atoms with E-state index in [4.69, 9.17) is 0 Å². The van der Waals surface area contributed by atoms with Crippen molar-refractivity contribution in [3.63, 3.8) is 0 Å². The summed E-state index contributed by atoms with van der Waals surface area (Å²) in [7, 11) is 1.77. The lowest BCUT2D eigenvalue weighted by Gasteiger charge is -2.36. The lowest BCUT2D eigenvalue weighted by Crippen LogP contribution is -2.46. The summed E-state index contributed by atoms with van der Waals surface area (Å²) in [5, 5.41) is 28.0. The molecule has 1 aliphatic heterocycles. The molecule has 0 amide bonds. The normalized spacial score (nSPS) is 40.2. The maximum absolute atomic E-state index is 10.6. The fourth-order valence-electron chi connectivity index (χ4n) is 2.79. The highest BCUT2D eigenvalue weighted by Gasteiger charge is 2.56. The summed E-state index contributed by atoms with van der Waals surface area (Å²) in [5.41, 5.74) is -0.0278. The van der Waals surface area contributed by atoms with Crippen molar-refractivity contribution in [2.75, 3.05) is 13.6 Å². The predicted molar refractivity (Wildman–Crippen MR) is 48.6 cm³/mol. The highest BCUT2D eigenvalue weighted by molar-refractivity contribution is 5.24. The molecule has 1 saturated heterocycles. The summed E-state index contributed by atoms with van der Waals surface area (Å²) in [6.45, 7) is 0.452. The first-order valence-electron chi connectivity index (χ1n) is 5.07. The molecule has 1 aromatic heterocycles. The summed E-state index contributed by atoms with van der Waals surface area (Å²) in [6.07, 6.45) is 0.907. The van der Waals surface area contributed by atoms with Gasteiger partial charge in [-0.2, -0.15) is 0 Å². The molecule has 1 aliphatic carbocycles. The Labute approximate surface area is 86.5 Å². The number of rotatable bonds is 0. The molecule has 2 heterocycles. The van der Waals surface area contributed by atoms with E-state index in [1.165, 1.54) is 0 Å². The van der Waals surface area contributed by atoms with Gasteiger partial charge in [-0.05, 0) is 19.9 Å². The second-order valence-electron chi connectivity index (χ2n) is 4.38. The van der Waals surface area contributed by atoms with Crippen molar-refractivity contribution < 1.29 is 14.8 Å². The van der Waals surface area contributed by atoms with E-state index in [0.29, 0.717) is 30.8 Å². The second kappa shape index (κ2) is 2.78. The minimum Gasteiger partial charge on any atom is -0.391 e. The molecule has 3 unspecified atom stereocenters. The summed E-state index contributed by atoms with van der Waals surface area (Å²) in [6, 6.07) is 0. The first-order chi connectivity index (χ1) is 7.14. The number of β-amino-alcohol motifs (C(OH)–C–C–N with tert-alkyl or cyclic N) is 1. The van der Waals surface area contributed by atoms with Crippen LogP contribution in [-0.2, 0) is 12.1 Å². The van der Waals surface area contributed by atoms with Crippen molar-refractivity contribution >= 4 is 0 Å². The SMILES string of the molecule is CN1CC(O)C2CCc3nonc3C21O. The van der Waals surface area contributed by atoms with Crippen LogP contribution in [0.5, 0.6) is 0 Å². The van der Waals surface area contributed by atoms with Crippen LogP contribution in [0, 0.1) is 5.92 Å². The fourth-order valence-corrected chi connectivity index (χ4v) is 2.79. The maximum atomic E-state index is 10.6. The number of hydrogen-bond acceptors (Lipinski definition) is 6. The molecule has 2 aliphatic rings. The van der Waals surface area contributed by atoms with Gasteiger partial charge in [0, 0.05) is 12.5 Å². The average Bonchev–Trinajstić information content (AvgIpc) is 2.73. The Balaban J connectivity index is 2.14. The molecule has 82 valence electrons. The number of fused-ring (bicyclic) bond motifs is 3. The van der Waals surface area contributed by atoms with Crippen LogP contribution in [0.2, 0.25) is 0 Å². The Morgan fingerprint density at radius 1 is 1.53 bits per heavy atom. The average molecular weight is 211 g/mol. The third kappa shape index (κ3) is 0.987. The van der Waals surface area contributed by atoms with Crippen molar-refractivity contribution in [2.24, 2.45) is 5.92 Å². The number of aromatic nitrogens is 2. The van der Waals surface area contributed by atoms with Crippen LogP contribution in [0.4, 0.5) is 0 Å². The minimum absolute atomic E-state index is 0.193. The maximum Gasteiger partial charge on any atom is 0.172 e. The Kier molecular flexibility index (Phi) is 1.72. The van der Waals surface area contributed by atoms with Crippen molar-refractivity contribution in [2.45, 2.75) is 24.7 Å². The lowest BCUT2D eigenvalue weighted by molar-refractivity contribution is -0.126. The van der Waals surface area contributed by atoms with Gasteiger partial charge in [-0.1, -0.05) is 10.3 Å². The van der Waals surface area contributed by atoms with Crippen molar-refractivity contribution in [3.05, 3.63) is 11.4 Å². The highest BCUT2D eigenvalue weighted by Crippen LogP contribution is 2.46. The molecule has 1 aromatic rings. The largest absolute Gasteiger partial charge is 0.391 e. The van der Waals surface area contributed by atoms with Gasteiger partial charge in [0.15, 0.2) is 11.4 Å². The monoisotopic (exact) mass is 211 g/mol. The van der Waals surface area contributed by atoms with E-state index < -0.39 is 11.8 Å². The molecule has 0 radical (unpaired) electrons. The van der Waals surface area contributed by atoms with Gasteiger partial charge in [-0.3, -0.25) is 4.90 Å². The van der Waals surface area contributed by atoms with Crippen molar-refractivity contribution in [1.82, 2.24) is 15.2 Å². The minimum atomic E-state index is -1.20. The van der Waals surface area contributed by atoms with Gasteiger partial charge in [-0.25, -0.2) is 4.63 Å². The molecule has 6 nitrogen and oxygen atoms in total. The summed E-state index contributed by atoms with van der Waals surface area (Å²) in [5.74, 6) is -0.193. The first kappa shape index (κ1) is 9.26. The quantitative estimate of drug-likeness (QED) is 0.577. The zero-order chi connectivity index (χ0) is 10.6. The topological polar surface area (TPSA) is 82.6 Å². The Morgan fingerprint density at radius 2 is 2.33 bits per heavy atom. The molecule has 6 heteroatoms. The molecule has 0 aromatic carbocycles. The number of aliphatic hydroxyl groups excluding tert-OH is 1. The number of hydrogen-bond donors (Lipinski definition) is 2. The zero-order valence-corrected chi connectivity index (χ0v) is 8.42. The van der Waals surface area contributed by atoms with Crippen LogP contribution < -0.4 is 0 Å². The molecular formula is C9H13N3O3. The van der Waals surface area contributed by atoms with E-state index in [2.05, 4.69) is 14.9 Å². The molecule has 0 spiro atoms. The molecule has 1 fully saturated rings. The van der Waals surface area contributed by atoms with Gasteiger partial charge >= 0.3 is 0 Å². The Bertz CT molecular complexity index is 394. The van der Waals surface area contributed by atoms with Crippen LogP contribution in [0.15, 0.2) is 4.63 Å². The van der Waals surface area contributed by atoms with E-state index in [-0.39, 0.29) is 5.92 Å². The fraction of sp³-hybridized carbons (Fsp3) is 0.778. The first-order valence-corrected chi connectivity index (χ1v) is 5.07. The lowest BCUT2D eigenvalue weighted by atomic mass is 9.81. The number of likely N-dealkylation sites (tertiary alicyclic amines) is 1. The number of aryl methyl sites for hydroxylation is 1. The number of nitrogens with zero attached hydrogens (tertiary/aromatic N) is 3. The summed E-state index contributed by atoms with van der Waals surface area (Å²) >= 11 is 0. The van der Waals surface area contributed by atoms with Crippen molar-refractivity contribution in [3.8, 4) is 0 Å². The van der Waals surface area contributed by atoms with Crippen LogP contribution in [0.25, 0.3) is 0 Å². The highest BCUT2D eigenvalue weighted by atomic mass is 16.6. The van der Waals surface area contributed by atoms with Crippen LogP contribution >= 0.6 is 0 Å². The van der Waals surface area contributed by atoms with Gasteiger partial charge in [-0.15, -0.1) is 0 Å². The van der Waals surface area contributed by atoms with Gasteiger partial charge in [0.2, 0.25) is 0 Å². The molecule has 15 heavy (non-hydrogen) atoms. The van der Waals surface area contributed by atoms with E-state index in [9.17, 15) is 10.2 Å². The third-order valence-electron chi connectivity index (χ3n) is 3.62. The molecule has 3 atom stereocenters. The van der Waals surface area contributed by atoms with Crippen molar-refractivity contribution in [1.29, 1.82) is 0 Å². The molecule has 0 saturated carbocycles. The van der Waals surface area contributed by atoms with Gasteiger partial charge in [0.25, 0.3) is 0 Å². The zero-order valence-electron chi connectivity index (χ0n) is 8.42. The van der Waals surface area contributed by atoms with Crippen LogP contribution in [0.1, 0.15) is 17.8 Å². The molecular weight excluding hydrogens is 198 g/mol. The van der Waals surface area contributed by atoms with E-state index in [1.807, 2.05) is 0 Å².